The van der Waals surface area contributed by atoms with Gasteiger partial charge in [0.2, 0.25) is 6.79 Å². The molecule has 1 aliphatic rings. The fourth-order valence-electron chi connectivity index (χ4n) is 2.09. The van der Waals surface area contributed by atoms with Crippen molar-refractivity contribution >= 4 is 11.6 Å². The monoisotopic (exact) mass is 307 g/mol. The molecule has 0 bridgehead atoms. The molecule has 0 aromatic heterocycles. The van der Waals surface area contributed by atoms with Crippen molar-refractivity contribution in [1.29, 1.82) is 5.26 Å². The number of rotatable bonds is 3. The van der Waals surface area contributed by atoms with Gasteiger partial charge in [-0.05, 0) is 42.8 Å². The summed E-state index contributed by atoms with van der Waals surface area (Å²) in [4.78, 5) is 12.1. The maximum absolute atomic E-state index is 12.1. The number of nitrogens with zero attached hydrogens (tertiary/aromatic N) is 2. The Kier molecular flexibility index (Phi) is 3.93. The van der Waals surface area contributed by atoms with Gasteiger partial charge in [0.15, 0.2) is 11.5 Å². The van der Waals surface area contributed by atoms with Crippen LogP contribution < -0.4 is 14.9 Å². The average Bonchev–Trinajstić information content (AvgIpc) is 3.07. The number of hydrogen-bond acceptors (Lipinski definition) is 5. The Hall–Kier alpha value is -3.33. The van der Waals surface area contributed by atoms with Crippen molar-refractivity contribution < 1.29 is 14.3 Å². The smallest absolute Gasteiger partial charge is 0.271 e. The number of hydrazone groups is 1. The molecule has 0 saturated carbocycles. The van der Waals surface area contributed by atoms with Crippen molar-refractivity contribution in [2.24, 2.45) is 5.10 Å². The third-order valence-electron chi connectivity index (χ3n) is 3.39. The zero-order chi connectivity index (χ0) is 16.2. The molecule has 0 fully saturated rings. The summed E-state index contributed by atoms with van der Waals surface area (Å²) < 4.78 is 10.4. The molecule has 6 nitrogen and oxygen atoms in total. The summed E-state index contributed by atoms with van der Waals surface area (Å²) in [7, 11) is 0. The zero-order valence-corrected chi connectivity index (χ0v) is 12.4. The molecule has 0 radical (unpaired) electrons. The van der Waals surface area contributed by atoms with E-state index in [9.17, 15) is 4.79 Å². The maximum atomic E-state index is 12.1. The van der Waals surface area contributed by atoms with Crippen LogP contribution >= 0.6 is 0 Å². The molecule has 1 aliphatic heterocycles. The number of amides is 1. The summed E-state index contributed by atoms with van der Waals surface area (Å²) in [5.74, 6) is 0.834. The largest absolute Gasteiger partial charge is 0.454 e. The Morgan fingerprint density at radius 2 is 1.83 bits per heavy atom. The van der Waals surface area contributed by atoms with E-state index in [-0.39, 0.29) is 12.7 Å². The molecule has 2 aromatic rings. The Balaban J connectivity index is 1.71. The summed E-state index contributed by atoms with van der Waals surface area (Å²) in [5, 5.41) is 12.9. The predicted octanol–water partition coefficient (Wildman–Crippen LogP) is 2.44. The van der Waals surface area contributed by atoms with Crippen molar-refractivity contribution in [2.75, 3.05) is 6.79 Å². The molecule has 2 aromatic carbocycles. The summed E-state index contributed by atoms with van der Waals surface area (Å²) >= 11 is 0. The molecule has 0 atom stereocenters. The van der Waals surface area contributed by atoms with Crippen LogP contribution in [0.25, 0.3) is 0 Å². The summed E-state index contributed by atoms with van der Waals surface area (Å²) in [6.45, 7) is 1.94. The fourth-order valence-corrected chi connectivity index (χ4v) is 2.09. The van der Waals surface area contributed by atoms with Gasteiger partial charge in [-0.1, -0.05) is 12.1 Å². The Bertz CT molecular complexity index is 820. The van der Waals surface area contributed by atoms with E-state index in [1.165, 1.54) is 0 Å². The Morgan fingerprint density at radius 3 is 2.57 bits per heavy atom. The molecule has 1 N–H and O–H groups in total. The van der Waals surface area contributed by atoms with E-state index in [2.05, 4.69) is 16.6 Å². The predicted molar refractivity (Wildman–Crippen MR) is 83.4 cm³/mol. The van der Waals surface area contributed by atoms with Gasteiger partial charge in [0.25, 0.3) is 5.91 Å². The lowest BCUT2D eigenvalue weighted by Gasteiger charge is -2.04. The molecule has 0 aliphatic carbocycles. The first-order valence-electron chi connectivity index (χ1n) is 6.92. The second-order valence-corrected chi connectivity index (χ2v) is 4.90. The number of carbonyl (C=O) groups is 1. The fraction of sp³-hybridized carbons (Fsp3) is 0.118. The Labute approximate surface area is 133 Å². The quantitative estimate of drug-likeness (QED) is 0.697. The van der Waals surface area contributed by atoms with Crippen molar-refractivity contribution in [3.05, 3.63) is 59.2 Å². The zero-order valence-electron chi connectivity index (χ0n) is 12.4. The molecular weight excluding hydrogens is 294 g/mol. The van der Waals surface area contributed by atoms with Crippen LogP contribution in [-0.4, -0.2) is 18.4 Å². The topological polar surface area (TPSA) is 83.7 Å². The maximum Gasteiger partial charge on any atom is 0.271 e. The van der Waals surface area contributed by atoms with Crippen LogP contribution in [0, 0.1) is 11.3 Å². The average molecular weight is 307 g/mol. The molecule has 1 heterocycles. The highest BCUT2D eigenvalue weighted by Gasteiger charge is 2.16. The minimum Gasteiger partial charge on any atom is -0.454 e. The van der Waals surface area contributed by atoms with Crippen LogP contribution in [-0.2, 0) is 0 Å². The van der Waals surface area contributed by atoms with Crippen LogP contribution in [0.3, 0.4) is 0 Å². The third-order valence-corrected chi connectivity index (χ3v) is 3.39. The van der Waals surface area contributed by atoms with Gasteiger partial charge in [-0.2, -0.15) is 10.4 Å². The normalized spacial score (nSPS) is 12.6. The van der Waals surface area contributed by atoms with Gasteiger partial charge in [-0.3, -0.25) is 4.79 Å². The van der Waals surface area contributed by atoms with E-state index in [1.807, 2.05) is 0 Å². The van der Waals surface area contributed by atoms with Gasteiger partial charge in [-0.15, -0.1) is 0 Å². The van der Waals surface area contributed by atoms with E-state index in [0.717, 1.165) is 5.56 Å². The van der Waals surface area contributed by atoms with Gasteiger partial charge < -0.3 is 9.47 Å². The summed E-state index contributed by atoms with van der Waals surface area (Å²) in [6.07, 6.45) is 0. The van der Waals surface area contributed by atoms with E-state index >= 15 is 0 Å². The molecule has 0 unspecified atom stereocenters. The van der Waals surface area contributed by atoms with Crippen molar-refractivity contribution in [3.8, 4) is 17.6 Å². The van der Waals surface area contributed by atoms with E-state index in [4.69, 9.17) is 14.7 Å². The summed E-state index contributed by atoms with van der Waals surface area (Å²) in [6, 6.07) is 14.0. The molecule has 23 heavy (non-hydrogen) atoms. The molecule has 0 saturated heterocycles. The second-order valence-electron chi connectivity index (χ2n) is 4.90. The van der Waals surface area contributed by atoms with Gasteiger partial charge >= 0.3 is 0 Å². The van der Waals surface area contributed by atoms with Crippen LogP contribution in [0.15, 0.2) is 47.6 Å². The van der Waals surface area contributed by atoms with E-state index in [0.29, 0.717) is 28.3 Å². The van der Waals surface area contributed by atoms with Crippen LogP contribution in [0.4, 0.5) is 0 Å². The molecule has 1 amide bonds. The lowest BCUT2D eigenvalue weighted by molar-refractivity contribution is 0.0954. The molecule has 114 valence electrons. The van der Waals surface area contributed by atoms with Gasteiger partial charge in [0, 0.05) is 5.56 Å². The van der Waals surface area contributed by atoms with Gasteiger partial charge in [-0.25, -0.2) is 5.43 Å². The van der Waals surface area contributed by atoms with E-state index < -0.39 is 0 Å². The first-order valence-corrected chi connectivity index (χ1v) is 6.92. The van der Waals surface area contributed by atoms with Gasteiger partial charge in [0.05, 0.1) is 17.3 Å². The van der Waals surface area contributed by atoms with Crippen LogP contribution in [0.5, 0.6) is 11.5 Å². The minimum absolute atomic E-state index is 0.163. The van der Waals surface area contributed by atoms with Crippen molar-refractivity contribution in [1.82, 2.24) is 5.43 Å². The number of carbonyl (C=O) groups excluding carboxylic acids is 1. The number of nitrogens with one attached hydrogen (secondary N) is 1. The van der Waals surface area contributed by atoms with E-state index in [1.54, 1.807) is 49.4 Å². The number of ether oxygens (including phenoxy) is 2. The van der Waals surface area contributed by atoms with Crippen LogP contribution in [0.2, 0.25) is 0 Å². The van der Waals surface area contributed by atoms with Crippen molar-refractivity contribution in [3.63, 3.8) is 0 Å². The molecular formula is C17H13N3O3. The SMILES string of the molecule is CC(=NNC(=O)c1ccc2c(c1)OCO2)c1ccc(C#N)cc1. The van der Waals surface area contributed by atoms with Gasteiger partial charge in [0.1, 0.15) is 0 Å². The third kappa shape index (κ3) is 3.14. The standard InChI is InChI=1S/C17H13N3O3/c1-11(13-4-2-12(9-18)3-5-13)19-20-17(21)14-6-7-15-16(8-14)23-10-22-15/h2-8H,10H2,1H3,(H,20,21). The molecule has 3 rings (SSSR count). The lowest BCUT2D eigenvalue weighted by atomic mass is 10.1. The first-order chi connectivity index (χ1) is 11.2. The summed E-state index contributed by atoms with van der Waals surface area (Å²) in [5.41, 5.74) is 4.99. The molecule has 6 heteroatoms. The lowest BCUT2D eigenvalue weighted by Crippen LogP contribution is -2.19. The minimum atomic E-state index is -0.337. The second kappa shape index (κ2) is 6.20. The number of benzene rings is 2. The number of fused-ring (bicyclic) bond motifs is 1. The molecule has 0 spiro atoms. The number of nitriles is 1. The highest BCUT2D eigenvalue weighted by molar-refractivity contribution is 6.01. The van der Waals surface area contributed by atoms with Crippen LogP contribution in [0.1, 0.15) is 28.4 Å². The highest BCUT2D eigenvalue weighted by Crippen LogP contribution is 2.32. The number of hydrogen-bond donors (Lipinski definition) is 1. The first kappa shape index (κ1) is 14.6. The highest BCUT2D eigenvalue weighted by atomic mass is 16.7. The Morgan fingerprint density at radius 1 is 1.13 bits per heavy atom. The van der Waals surface area contributed by atoms with Crippen molar-refractivity contribution in [2.45, 2.75) is 6.92 Å².